The Kier molecular flexibility index (Phi) is 5.18. The Labute approximate surface area is 124 Å². The lowest BCUT2D eigenvalue weighted by Gasteiger charge is -2.42. The second-order valence-corrected chi connectivity index (χ2v) is 7.16. The number of hydrogen-bond acceptors (Lipinski definition) is 3. The molecule has 0 aromatic rings. The van der Waals surface area contributed by atoms with Crippen LogP contribution < -0.4 is 10.6 Å². The molecule has 2 saturated carbocycles. The van der Waals surface area contributed by atoms with Crippen LogP contribution in [0, 0.1) is 0 Å². The number of carbonyl (C=O) groups excluding carboxylic acids is 1. The van der Waals surface area contributed by atoms with Crippen LogP contribution in [0.4, 0.5) is 4.79 Å². The Bertz CT molecular complexity index is 371. The molecule has 0 heterocycles. The van der Waals surface area contributed by atoms with Gasteiger partial charge in [0.15, 0.2) is 0 Å². The minimum Gasteiger partial charge on any atom is -0.481 e. The van der Waals surface area contributed by atoms with E-state index in [4.69, 9.17) is 5.11 Å². The summed E-state index contributed by atoms with van der Waals surface area (Å²) in [6, 6.07) is 0.0286. The van der Waals surface area contributed by atoms with Crippen LogP contribution in [0.25, 0.3) is 0 Å². The van der Waals surface area contributed by atoms with Crippen LogP contribution in [0.2, 0.25) is 0 Å². The first kappa shape index (κ1) is 15.5. The Morgan fingerprint density at radius 2 is 2.05 bits per heavy atom. The summed E-state index contributed by atoms with van der Waals surface area (Å²) >= 11 is 1.86. The van der Waals surface area contributed by atoms with E-state index in [1.165, 1.54) is 6.42 Å². The van der Waals surface area contributed by atoms with Gasteiger partial charge in [-0.3, -0.25) is 4.79 Å². The molecule has 114 valence electrons. The third kappa shape index (κ3) is 4.04. The Morgan fingerprint density at radius 1 is 1.30 bits per heavy atom. The number of rotatable bonds is 5. The molecule has 2 amide bonds. The summed E-state index contributed by atoms with van der Waals surface area (Å²) in [5, 5.41) is 15.5. The fraction of sp³-hybridized carbons (Fsp3) is 0.857. The van der Waals surface area contributed by atoms with E-state index in [1.54, 1.807) is 0 Å². The van der Waals surface area contributed by atoms with Crippen molar-refractivity contribution in [1.82, 2.24) is 10.6 Å². The molecule has 0 aliphatic heterocycles. The lowest BCUT2D eigenvalue weighted by molar-refractivity contribution is -0.139. The smallest absolute Gasteiger partial charge is 0.315 e. The molecule has 2 aliphatic carbocycles. The Balaban J connectivity index is 1.81. The van der Waals surface area contributed by atoms with Crippen molar-refractivity contribution in [2.24, 2.45) is 0 Å². The number of hydrogen-bond donors (Lipinski definition) is 3. The minimum absolute atomic E-state index is 0.0263. The van der Waals surface area contributed by atoms with Gasteiger partial charge in [-0.05, 0) is 44.8 Å². The zero-order valence-electron chi connectivity index (χ0n) is 12.0. The van der Waals surface area contributed by atoms with Crippen molar-refractivity contribution < 1.29 is 14.7 Å². The van der Waals surface area contributed by atoms with Crippen molar-refractivity contribution in [2.75, 3.05) is 6.26 Å². The zero-order chi connectivity index (χ0) is 14.6. The van der Waals surface area contributed by atoms with Gasteiger partial charge in [-0.1, -0.05) is 6.42 Å². The Hall–Kier alpha value is -0.910. The zero-order valence-corrected chi connectivity index (χ0v) is 12.8. The summed E-state index contributed by atoms with van der Waals surface area (Å²) in [7, 11) is 0. The first-order chi connectivity index (χ1) is 9.53. The highest BCUT2D eigenvalue weighted by Crippen LogP contribution is 2.35. The number of nitrogens with one attached hydrogen (secondary N) is 2. The SMILES string of the molecule is CSC1CCCC(NC(=O)NC2(CC(=O)O)CCC2)C1. The van der Waals surface area contributed by atoms with Crippen LogP contribution in [-0.4, -0.2) is 40.2 Å². The summed E-state index contributed by atoms with van der Waals surface area (Å²) in [4.78, 5) is 23.0. The van der Waals surface area contributed by atoms with Crippen molar-refractivity contribution in [1.29, 1.82) is 0 Å². The van der Waals surface area contributed by atoms with Crippen molar-refractivity contribution >= 4 is 23.8 Å². The van der Waals surface area contributed by atoms with E-state index in [2.05, 4.69) is 16.9 Å². The molecule has 2 rings (SSSR count). The van der Waals surface area contributed by atoms with Crippen LogP contribution >= 0.6 is 11.8 Å². The molecule has 0 bridgehead atoms. The van der Waals surface area contributed by atoms with E-state index in [0.717, 1.165) is 38.5 Å². The second-order valence-electron chi connectivity index (χ2n) is 6.02. The van der Waals surface area contributed by atoms with Gasteiger partial charge in [0.1, 0.15) is 0 Å². The monoisotopic (exact) mass is 300 g/mol. The highest BCUT2D eigenvalue weighted by atomic mass is 32.2. The molecular weight excluding hydrogens is 276 g/mol. The van der Waals surface area contributed by atoms with Gasteiger partial charge >= 0.3 is 12.0 Å². The maximum atomic E-state index is 12.1. The number of carbonyl (C=O) groups is 2. The van der Waals surface area contributed by atoms with Crippen molar-refractivity contribution in [2.45, 2.75) is 68.2 Å². The lowest BCUT2D eigenvalue weighted by Crippen LogP contribution is -2.58. The van der Waals surface area contributed by atoms with E-state index >= 15 is 0 Å². The van der Waals surface area contributed by atoms with E-state index in [-0.39, 0.29) is 18.5 Å². The molecule has 2 unspecified atom stereocenters. The molecule has 0 saturated heterocycles. The molecule has 3 N–H and O–H groups in total. The van der Waals surface area contributed by atoms with Gasteiger partial charge in [-0.25, -0.2) is 4.79 Å². The average molecular weight is 300 g/mol. The van der Waals surface area contributed by atoms with Crippen molar-refractivity contribution in [3.05, 3.63) is 0 Å². The minimum atomic E-state index is -0.842. The number of thioether (sulfide) groups is 1. The first-order valence-corrected chi connectivity index (χ1v) is 8.65. The van der Waals surface area contributed by atoms with Gasteiger partial charge < -0.3 is 15.7 Å². The van der Waals surface area contributed by atoms with Crippen LogP contribution in [0.5, 0.6) is 0 Å². The molecule has 2 atom stereocenters. The lowest BCUT2D eigenvalue weighted by atomic mass is 9.74. The van der Waals surface area contributed by atoms with Crippen LogP contribution in [0.1, 0.15) is 51.4 Å². The molecule has 0 radical (unpaired) electrons. The van der Waals surface area contributed by atoms with E-state index in [1.807, 2.05) is 11.8 Å². The predicted octanol–water partition coefficient (Wildman–Crippen LogP) is 2.36. The summed E-state index contributed by atoms with van der Waals surface area (Å²) in [6.07, 6.45) is 9.08. The number of carboxylic acids is 1. The third-order valence-electron chi connectivity index (χ3n) is 4.47. The fourth-order valence-electron chi connectivity index (χ4n) is 3.19. The molecule has 6 heteroatoms. The van der Waals surface area contributed by atoms with Crippen LogP contribution in [-0.2, 0) is 4.79 Å². The molecule has 2 aliphatic rings. The molecule has 0 aromatic heterocycles. The topological polar surface area (TPSA) is 78.4 Å². The number of carboxylic acid groups (broad SMARTS) is 1. The normalized spacial score (nSPS) is 28.2. The van der Waals surface area contributed by atoms with Gasteiger partial charge in [-0.2, -0.15) is 11.8 Å². The second kappa shape index (κ2) is 6.70. The molecular formula is C14H24N2O3S. The van der Waals surface area contributed by atoms with Crippen molar-refractivity contribution in [3.63, 3.8) is 0 Å². The van der Waals surface area contributed by atoms with Gasteiger partial charge in [0.25, 0.3) is 0 Å². The first-order valence-electron chi connectivity index (χ1n) is 7.36. The molecule has 0 aromatic carbocycles. The quantitative estimate of drug-likeness (QED) is 0.728. The van der Waals surface area contributed by atoms with Crippen LogP contribution in [0.15, 0.2) is 0 Å². The standard InChI is InChI=1S/C14H24N2O3S/c1-20-11-5-2-4-10(8-11)15-13(19)16-14(6-3-7-14)9-12(17)18/h10-11H,2-9H2,1H3,(H,17,18)(H2,15,16,19). The van der Waals surface area contributed by atoms with E-state index < -0.39 is 11.5 Å². The molecule has 0 spiro atoms. The summed E-state index contributed by atoms with van der Waals surface area (Å²) in [5.41, 5.74) is -0.510. The summed E-state index contributed by atoms with van der Waals surface area (Å²) in [5.74, 6) is -0.842. The maximum Gasteiger partial charge on any atom is 0.315 e. The van der Waals surface area contributed by atoms with Crippen LogP contribution in [0.3, 0.4) is 0 Å². The molecule has 2 fully saturated rings. The van der Waals surface area contributed by atoms with Gasteiger partial charge in [-0.15, -0.1) is 0 Å². The maximum absolute atomic E-state index is 12.1. The van der Waals surface area contributed by atoms with Crippen molar-refractivity contribution in [3.8, 4) is 0 Å². The number of urea groups is 1. The molecule has 20 heavy (non-hydrogen) atoms. The van der Waals surface area contributed by atoms with Gasteiger partial charge in [0.2, 0.25) is 0 Å². The predicted molar refractivity (Wildman–Crippen MR) is 80.1 cm³/mol. The van der Waals surface area contributed by atoms with E-state index in [0.29, 0.717) is 5.25 Å². The number of amides is 2. The Morgan fingerprint density at radius 3 is 2.60 bits per heavy atom. The van der Waals surface area contributed by atoms with Gasteiger partial charge in [0, 0.05) is 11.3 Å². The van der Waals surface area contributed by atoms with Gasteiger partial charge in [0.05, 0.1) is 12.0 Å². The summed E-state index contributed by atoms with van der Waals surface area (Å²) < 4.78 is 0. The fourth-order valence-corrected chi connectivity index (χ4v) is 4.02. The average Bonchev–Trinajstić information content (AvgIpc) is 2.35. The largest absolute Gasteiger partial charge is 0.481 e. The highest BCUT2D eigenvalue weighted by Gasteiger charge is 2.40. The van der Waals surface area contributed by atoms with E-state index in [9.17, 15) is 9.59 Å². The highest BCUT2D eigenvalue weighted by molar-refractivity contribution is 7.99. The third-order valence-corrected chi connectivity index (χ3v) is 5.57. The molecule has 5 nitrogen and oxygen atoms in total. The number of aliphatic carboxylic acids is 1. The summed E-state index contributed by atoms with van der Waals surface area (Å²) in [6.45, 7) is 0.